The van der Waals surface area contributed by atoms with Gasteiger partial charge in [0, 0.05) is 4.90 Å². The number of hydrogen-bond acceptors (Lipinski definition) is 4. The predicted molar refractivity (Wildman–Crippen MR) is 64.6 cm³/mol. The van der Waals surface area contributed by atoms with Crippen LogP contribution in [0.25, 0.3) is 0 Å². The summed E-state index contributed by atoms with van der Waals surface area (Å²) < 4.78 is 0. The Hall–Kier alpha value is -1.59. The normalized spacial score (nSPS) is 10.2. The van der Waals surface area contributed by atoms with E-state index in [2.05, 4.69) is 9.97 Å². The second-order valence-corrected chi connectivity index (χ2v) is 4.60. The molecular weight excluding hydrogens is 260 g/mol. The van der Waals surface area contributed by atoms with Gasteiger partial charge in [0.25, 0.3) is 0 Å². The molecule has 2 rings (SSSR count). The molecule has 0 radical (unpaired) electrons. The number of aromatic carboxylic acids is 1. The van der Waals surface area contributed by atoms with Gasteiger partial charge in [0.05, 0.1) is 23.0 Å². The average molecular weight is 267 g/mol. The summed E-state index contributed by atoms with van der Waals surface area (Å²) in [5, 5.41) is 9.85. The molecular formula is C11H7ClN2O2S. The van der Waals surface area contributed by atoms with Crippen LogP contribution < -0.4 is 0 Å². The smallest absolute Gasteiger partial charge is 0.335 e. The highest BCUT2D eigenvalue weighted by atomic mass is 35.5. The molecule has 1 N–H and O–H groups in total. The minimum atomic E-state index is -0.954. The van der Waals surface area contributed by atoms with Crippen LogP contribution in [0.1, 0.15) is 10.4 Å². The van der Waals surface area contributed by atoms with E-state index in [1.165, 1.54) is 30.2 Å². The van der Waals surface area contributed by atoms with Crippen LogP contribution in [0.15, 0.2) is 46.7 Å². The average Bonchev–Trinajstić information content (AvgIpc) is 2.32. The molecule has 0 aliphatic heterocycles. The van der Waals surface area contributed by atoms with Gasteiger partial charge in [0.2, 0.25) is 0 Å². The first-order valence-corrected chi connectivity index (χ1v) is 5.83. The summed E-state index contributed by atoms with van der Waals surface area (Å²) in [4.78, 5) is 19.6. The van der Waals surface area contributed by atoms with Crippen LogP contribution in [-0.2, 0) is 0 Å². The molecule has 1 aromatic heterocycles. The third kappa shape index (κ3) is 3.18. The molecule has 0 saturated carbocycles. The molecule has 1 aromatic carbocycles. The van der Waals surface area contributed by atoms with Gasteiger partial charge in [-0.3, -0.25) is 0 Å². The minimum Gasteiger partial charge on any atom is -0.478 e. The van der Waals surface area contributed by atoms with E-state index in [0.717, 1.165) is 4.90 Å². The first-order valence-electron chi connectivity index (χ1n) is 4.64. The van der Waals surface area contributed by atoms with Crippen LogP contribution in [0.2, 0.25) is 5.02 Å². The molecule has 17 heavy (non-hydrogen) atoms. The van der Waals surface area contributed by atoms with E-state index in [9.17, 15) is 4.79 Å². The van der Waals surface area contributed by atoms with Crippen LogP contribution in [0.4, 0.5) is 0 Å². The lowest BCUT2D eigenvalue weighted by Gasteiger charge is -2.01. The minimum absolute atomic E-state index is 0.240. The van der Waals surface area contributed by atoms with Gasteiger partial charge in [-0.05, 0) is 30.0 Å². The number of carboxylic acid groups (broad SMARTS) is 1. The van der Waals surface area contributed by atoms with Crippen LogP contribution in [-0.4, -0.2) is 21.0 Å². The summed E-state index contributed by atoms with van der Waals surface area (Å²) in [6.45, 7) is 0. The topological polar surface area (TPSA) is 63.1 Å². The zero-order valence-electron chi connectivity index (χ0n) is 8.50. The molecule has 4 nitrogen and oxygen atoms in total. The van der Waals surface area contributed by atoms with Crippen molar-refractivity contribution in [2.75, 3.05) is 0 Å². The molecule has 0 aliphatic carbocycles. The molecule has 0 saturated heterocycles. The maximum Gasteiger partial charge on any atom is 0.335 e. The summed E-state index contributed by atoms with van der Waals surface area (Å²) in [5.41, 5.74) is 0.240. The van der Waals surface area contributed by atoms with Gasteiger partial charge < -0.3 is 5.11 Å². The lowest BCUT2D eigenvalue weighted by atomic mass is 10.2. The number of nitrogens with zero attached hydrogens (tertiary/aromatic N) is 2. The predicted octanol–water partition coefficient (Wildman–Crippen LogP) is 2.98. The van der Waals surface area contributed by atoms with E-state index in [-0.39, 0.29) is 5.56 Å². The molecule has 6 heteroatoms. The van der Waals surface area contributed by atoms with Crippen molar-refractivity contribution in [1.29, 1.82) is 0 Å². The first-order chi connectivity index (χ1) is 8.15. The Morgan fingerprint density at radius 3 is 2.65 bits per heavy atom. The second-order valence-electron chi connectivity index (χ2n) is 3.12. The van der Waals surface area contributed by atoms with Crippen molar-refractivity contribution in [2.45, 2.75) is 10.1 Å². The number of hydrogen-bond donors (Lipinski definition) is 1. The molecule has 0 fully saturated rings. The van der Waals surface area contributed by atoms with Crippen molar-refractivity contribution in [3.05, 3.63) is 47.2 Å². The molecule has 0 unspecified atom stereocenters. The highest BCUT2D eigenvalue weighted by Gasteiger charge is 2.05. The number of benzene rings is 1. The SMILES string of the molecule is O=C(O)c1cccc(Sc2ncc(Cl)cn2)c1. The van der Waals surface area contributed by atoms with Crippen molar-refractivity contribution in [1.82, 2.24) is 9.97 Å². The van der Waals surface area contributed by atoms with Gasteiger partial charge in [0.1, 0.15) is 0 Å². The Labute approximate surface area is 107 Å². The quantitative estimate of drug-likeness (QED) is 0.866. The van der Waals surface area contributed by atoms with E-state index >= 15 is 0 Å². The number of halogens is 1. The molecule has 0 bridgehead atoms. The Balaban J connectivity index is 2.21. The first kappa shape index (κ1) is 11.9. The highest BCUT2D eigenvalue weighted by molar-refractivity contribution is 7.99. The van der Waals surface area contributed by atoms with E-state index in [1.54, 1.807) is 18.2 Å². The van der Waals surface area contributed by atoms with E-state index in [0.29, 0.717) is 10.2 Å². The van der Waals surface area contributed by atoms with Crippen LogP contribution in [0, 0.1) is 0 Å². The summed E-state index contributed by atoms with van der Waals surface area (Å²) in [7, 11) is 0. The number of aromatic nitrogens is 2. The second kappa shape index (κ2) is 5.16. The molecule has 0 aliphatic rings. The third-order valence-electron chi connectivity index (χ3n) is 1.89. The van der Waals surface area contributed by atoms with Crippen molar-refractivity contribution >= 4 is 29.3 Å². The largest absolute Gasteiger partial charge is 0.478 e. The Bertz CT molecular complexity index is 545. The molecule has 0 atom stereocenters. The summed E-state index contributed by atoms with van der Waals surface area (Å²) in [5.74, 6) is -0.954. The van der Waals surface area contributed by atoms with Crippen molar-refractivity contribution in [3.8, 4) is 0 Å². The number of carbonyl (C=O) groups is 1. The van der Waals surface area contributed by atoms with Crippen molar-refractivity contribution in [2.24, 2.45) is 0 Å². The molecule has 0 amide bonds. The Morgan fingerprint density at radius 2 is 2.00 bits per heavy atom. The van der Waals surface area contributed by atoms with Crippen LogP contribution in [0.5, 0.6) is 0 Å². The molecule has 1 heterocycles. The zero-order chi connectivity index (χ0) is 12.3. The van der Waals surface area contributed by atoms with E-state index < -0.39 is 5.97 Å². The highest BCUT2D eigenvalue weighted by Crippen LogP contribution is 2.25. The molecule has 2 aromatic rings. The monoisotopic (exact) mass is 266 g/mol. The lowest BCUT2D eigenvalue weighted by Crippen LogP contribution is -1.95. The van der Waals surface area contributed by atoms with Crippen LogP contribution >= 0.6 is 23.4 Å². The molecule has 86 valence electrons. The fraction of sp³-hybridized carbons (Fsp3) is 0. The lowest BCUT2D eigenvalue weighted by molar-refractivity contribution is 0.0696. The summed E-state index contributed by atoms with van der Waals surface area (Å²) in [6.07, 6.45) is 3.00. The van der Waals surface area contributed by atoms with Crippen molar-refractivity contribution in [3.63, 3.8) is 0 Å². The standard InChI is InChI=1S/C11H7ClN2O2S/c12-8-5-13-11(14-6-8)17-9-3-1-2-7(4-9)10(15)16/h1-6H,(H,15,16). The van der Waals surface area contributed by atoms with Gasteiger partial charge >= 0.3 is 5.97 Å². The Morgan fingerprint density at radius 1 is 1.29 bits per heavy atom. The van der Waals surface area contributed by atoms with Gasteiger partial charge in [-0.25, -0.2) is 14.8 Å². The van der Waals surface area contributed by atoms with Crippen molar-refractivity contribution < 1.29 is 9.90 Å². The number of rotatable bonds is 3. The van der Waals surface area contributed by atoms with E-state index in [1.807, 2.05) is 0 Å². The van der Waals surface area contributed by atoms with Crippen LogP contribution in [0.3, 0.4) is 0 Å². The fourth-order valence-corrected chi connectivity index (χ4v) is 2.00. The van der Waals surface area contributed by atoms with Gasteiger partial charge in [-0.2, -0.15) is 0 Å². The maximum atomic E-state index is 10.8. The Kier molecular flexibility index (Phi) is 3.61. The van der Waals surface area contributed by atoms with Gasteiger partial charge in [-0.1, -0.05) is 17.7 Å². The zero-order valence-corrected chi connectivity index (χ0v) is 10.1. The number of carboxylic acids is 1. The molecule has 0 spiro atoms. The van der Waals surface area contributed by atoms with Gasteiger partial charge in [0.15, 0.2) is 5.16 Å². The fourth-order valence-electron chi connectivity index (χ4n) is 1.15. The third-order valence-corrected chi connectivity index (χ3v) is 2.96. The van der Waals surface area contributed by atoms with Gasteiger partial charge in [-0.15, -0.1) is 0 Å². The summed E-state index contributed by atoms with van der Waals surface area (Å²) in [6, 6.07) is 6.59. The maximum absolute atomic E-state index is 10.8. The summed E-state index contributed by atoms with van der Waals surface area (Å²) >= 11 is 6.95. The van der Waals surface area contributed by atoms with E-state index in [4.69, 9.17) is 16.7 Å².